The summed E-state index contributed by atoms with van der Waals surface area (Å²) >= 11 is 0. The topological polar surface area (TPSA) is 131 Å². The van der Waals surface area contributed by atoms with E-state index in [0.717, 1.165) is 0 Å². The van der Waals surface area contributed by atoms with Gasteiger partial charge < -0.3 is 26.2 Å². The van der Waals surface area contributed by atoms with Gasteiger partial charge in [0.1, 0.15) is 12.6 Å². The third-order valence-electron chi connectivity index (χ3n) is 1.79. The molecule has 5 N–H and O–H groups in total. The molecule has 0 unspecified atom stereocenters. The molecule has 0 aliphatic heterocycles. The van der Waals surface area contributed by atoms with E-state index < -0.39 is 23.9 Å². The van der Waals surface area contributed by atoms with Crippen LogP contribution in [0.25, 0.3) is 0 Å². The quantitative estimate of drug-likeness (QED) is 0.394. The minimum Gasteiger partial charge on any atom is -0.480 e. The van der Waals surface area contributed by atoms with E-state index in [2.05, 4.69) is 10.6 Å². The second-order valence-electron chi connectivity index (χ2n) is 3.22. The number of nitrogens with one attached hydrogen (secondary N) is 2. The number of rotatable bonds is 8. The predicted octanol–water partition coefficient (Wildman–Crippen LogP) is -1.35. The molecule has 98 valence electrons. The van der Waals surface area contributed by atoms with Crippen molar-refractivity contribution in [3.8, 4) is 0 Å². The molecule has 17 heavy (non-hydrogen) atoms. The summed E-state index contributed by atoms with van der Waals surface area (Å²) in [5.41, 5.74) is 4.82. The predicted molar refractivity (Wildman–Crippen MR) is 58.3 cm³/mol. The Balaban J connectivity index is 3.65. The Hall–Kier alpha value is -1.83. The molecule has 0 aromatic carbocycles. The zero-order valence-corrected chi connectivity index (χ0v) is 9.56. The molecule has 3 amide bonds. The Kier molecular flexibility index (Phi) is 7.44. The third kappa shape index (κ3) is 8.03. The normalized spacial score (nSPS) is 11.6. The maximum atomic E-state index is 11.2. The van der Waals surface area contributed by atoms with Gasteiger partial charge in [-0.15, -0.1) is 0 Å². The zero-order chi connectivity index (χ0) is 13.3. The summed E-state index contributed by atoms with van der Waals surface area (Å²) < 4.78 is 4.79. The third-order valence-corrected chi connectivity index (χ3v) is 1.79. The molecule has 0 heterocycles. The average Bonchev–Trinajstić information content (AvgIpc) is 2.24. The van der Waals surface area contributed by atoms with E-state index in [1.54, 1.807) is 6.92 Å². The molecule has 0 radical (unpaired) electrons. The van der Waals surface area contributed by atoms with Crippen LogP contribution < -0.4 is 16.4 Å². The molecule has 8 nitrogen and oxygen atoms in total. The van der Waals surface area contributed by atoms with Crippen LogP contribution >= 0.6 is 0 Å². The Bertz CT molecular complexity index is 282. The summed E-state index contributed by atoms with van der Waals surface area (Å²) in [6.45, 7) is 1.72. The fourth-order valence-corrected chi connectivity index (χ4v) is 0.957. The molecule has 1 atom stereocenters. The maximum Gasteiger partial charge on any atom is 0.326 e. The van der Waals surface area contributed by atoms with E-state index in [1.165, 1.54) is 0 Å². The standard InChI is InChI=1S/C9H17N3O5/c1-2-6(8(14)15)12-9(16)11-3-4-17-5-7(10)13/h6H,2-5H2,1H3,(H2,10,13)(H,14,15)(H2,11,12,16)/t6-/m1/s1. The molecule has 0 aliphatic carbocycles. The Labute approximate surface area is 98.5 Å². The van der Waals surface area contributed by atoms with Gasteiger partial charge in [-0.2, -0.15) is 0 Å². The van der Waals surface area contributed by atoms with Crippen molar-refractivity contribution in [1.29, 1.82) is 0 Å². The van der Waals surface area contributed by atoms with Crippen LogP contribution in [0.2, 0.25) is 0 Å². The number of hydrogen-bond donors (Lipinski definition) is 4. The van der Waals surface area contributed by atoms with Crippen LogP contribution in [0.5, 0.6) is 0 Å². The molecule has 8 heteroatoms. The second-order valence-corrected chi connectivity index (χ2v) is 3.22. The molecule has 0 fully saturated rings. The highest BCUT2D eigenvalue weighted by Gasteiger charge is 2.16. The summed E-state index contributed by atoms with van der Waals surface area (Å²) in [5.74, 6) is -1.68. The number of amides is 3. The van der Waals surface area contributed by atoms with Crippen molar-refractivity contribution >= 4 is 17.9 Å². The van der Waals surface area contributed by atoms with E-state index >= 15 is 0 Å². The van der Waals surface area contributed by atoms with E-state index in [1.807, 2.05) is 0 Å². The molecule has 0 rings (SSSR count). The molecule has 0 spiro atoms. The van der Waals surface area contributed by atoms with Gasteiger partial charge in [0.05, 0.1) is 6.61 Å². The van der Waals surface area contributed by atoms with Gasteiger partial charge in [-0.05, 0) is 6.42 Å². The molecule has 0 bridgehead atoms. The zero-order valence-electron chi connectivity index (χ0n) is 9.56. The summed E-state index contributed by atoms with van der Waals surface area (Å²) in [4.78, 5) is 32.1. The first-order valence-corrected chi connectivity index (χ1v) is 5.10. The number of hydrogen-bond acceptors (Lipinski definition) is 4. The summed E-state index contributed by atoms with van der Waals surface area (Å²) in [7, 11) is 0. The lowest BCUT2D eigenvalue weighted by Gasteiger charge is -2.12. The fourth-order valence-electron chi connectivity index (χ4n) is 0.957. The van der Waals surface area contributed by atoms with Crippen molar-refractivity contribution in [3.63, 3.8) is 0 Å². The van der Waals surface area contributed by atoms with Crippen LogP contribution in [0.1, 0.15) is 13.3 Å². The summed E-state index contributed by atoms with van der Waals surface area (Å²) in [6, 6.07) is -1.51. The fraction of sp³-hybridized carbons (Fsp3) is 0.667. The van der Waals surface area contributed by atoms with Crippen LogP contribution in [-0.2, 0) is 14.3 Å². The van der Waals surface area contributed by atoms with Crippen molar-refractivity contribution in [3.05, 3.63) is 0 Å². The number of urea groups is 1. The number of carbonyl (C=O) groups excluding carboxylic acids is 2. The van der Waals surface area contributed by atoms with Gasteiger partial charge in [-0.1, -0.05) is 6.92 Å². The van der Waals surface area contributed by atoms with Crippen molar-refractivity contribution in [2.24, 2.45) is 5.73 Å². The van der Waals surface area contributed by atoms with E-state index in [-0.39, 0.29) is 19.8 Å². The van der Waals surface area contributed by atoms with Gasteiger partial charge in [0, 0.05) is 6.54 Å². The van der Waals surface area contributed by atoms with Crippen molar-refractivity contribution in [1.82, 2.24) is 10.6 Å². The minimum atomic E-state index is -1.09. The first-order chi connectivity index (χ1) is 7.97. The maximum absolute atomic E-state index is 11.2. The monoisotopic (exact) mass is 247 g/mol. The Morgan fingerprint density at radius 3 is 2.53 bits per heavy atom. The molecular formula is C9H17N3O5. The van der Waals surface area contributed by atoms with Gasteiger partial charge in [0.2, 0.25) is 5.91 Å². The van der Waals surface area contributed by atoms with Crippen LogP contribution in [0, 0.1) is 0 Å². The van der Waals surface area contributed by atoms with Gasteiger partial charge in [0.15, 0.2) is 0 Å². The highest BCUT2D eigenvalue weighted by Crippen LogP contribution is 1.89. The largest absolute Gasteiger partial charge is 0.480 e. The lowest BCUT2D eigenvalue weighted by atomic mass is 10.2. The van der Waals surface area contributed by atoms with Crippen LogP contribution in [-0.4, -0.2) is 48.8 Å². The van der Waals surface area contributed by atoms with Crippen LogP contribution in [0.3, 0.4) is 0 Å². The van der Waals surface area contributed by atoms with Gasteiger partial charge >= 0.3 is 12.0 Å². The van der Waals surface area contributed by atoms with Crippen molar-refractivity contribution in [2.75, 3.05) is 19.8 Å². The Morgan fingerprint density at radius 1 is 1.41 bits per heavy atom. The number of ether oxygens (including phenoxy) is 1. The number of carbonyl (C=O) groups is 3. The van der Waals surface area contributed by atoms with E-state index in [4.69, 9.17) is 15.6 Å². The molecule has 0 aliphatic rings. The number of carboxylic acid groups (broad SMARTS) is 1. The minimum absolute atomic E-state index is 0.125. The Morgan fingerprint density at radius 2 is 2.06 bits per heavy atom. The summed E-state index contributed by atoms with van der Waals surface area (Å²) in [6.07, 6.45) is 0.293. The summed E-state index contributed by atoms with van der Waals surface area (Å²) in [5, 5.41) is 13.3. The van der Waals surface area contributed by atoms with Gasteiger partial charge in [-0.25, -0.2) is 9.59 Å². The molecule has 0 aromatic heterocycles. The van der Waals surface area contributed by atoms with Crippen LogP contribution in [0.15, 0.2) is 0 Å². The number of carboxylic acids is 1. The first kappa shape index (κ1) is 15.2. The molecule has 0 saturated carbocycles. The smallest absolute Gasteiger partial charge is 0.326 e. The van der Waals surface area contributed by atoms with E-state index in [0.29, 0.717) is 6.42 Å². The lowest BCUT2D eigenvalue weighted by molar-refractivity contribution is -0.139. The van der Waals surface area contributed by atoms with Gasteiger partial charge in [-0.3, -0.25) is 4.79 Å². The number of nitrogens with two attached hydrogens (primary N) is 1. The highest BCUT2D eigenvalue weighted by molar-refractivity contribution is 5.82. The second kappa shape index (κ2) is 8.34. The average molecular weight is 247 g/mol. The van der Waals surface area contributed by atoms with Gasteiger partial charge in [0.25, 0.3) is 0 Å². The number of aliphatic carboxylic acids is 1. The van der Waals surface area contributed by atoms with Crippen molar-refractivity contribution < 1.29 is 24.2 Å². The molecular weight excluding hydrogens is 230 g/mol. The first-order valence-electron chi connectivity index (χ1n) is 5.10. The van der Waals surface area contributed by atoms with E-state index in [9.17, 15) is 14.4 Å². The molecule has 0 saturated heterocycles. The lowest BCUT2D eigenvalue weighted by Crippen LogP contribution is -2.46. The number of primary amides is 1. The highest BCUT2D eigenvalue weighted by atomic mass is 16.5. The van der Waals surface area contributed by atoms with Crippen molar-refractivity contribution in [2.45, 2.75) is 19.4 Å². The van der Waals surface area contributed by atoms with Crippen LogP contribution in [0.4, 0.5) is 4.79 Å². The SMILES string of the molecule is CC[C@@H](NC(=O)NCCOCC(N)=O)C(=O)O. The molecule has 0 aromatic rings.